The molecule has 0 radical (unpaired) electrons. The van der Waals surface area contributed by atoms with Gasteiger partial charge in [0.25, 0.3) is 0 Å². The molecule has 54 valence electrons. The van der Waals surface area contributed by atoms with Gasteiger partial charge >= 0.3 is 0 Å². The Bertz CT molecular complexity index is 99.0. The number of nitrogens with two attached hydrogens (primary N) is 1. The van der Waals surface area contributed by atoms with Gasteiger partial charge in [0.05, 0.1) is 0 Å². The van der Waals surface area contributed by atoms with Crippen molar-refractivity contribution in [1.82, 2.24) is 0 Å². The fourth-order valence-corrected chi connectivity index (χ4v) is 0.668. The summed E-state index contributed by atoms with van der Waals surface area (Å²) in [6, 6.07) is 0. The zero-order chi connectivity index (χ0) is 6.85. The van der Waals surface area contributed by atoms with Crippen LogP contribution in [0.3, 0.4) is 0 Å². The maximum absolute atomic E-state index is 11.9. The van der Waals surface area contributed by atoms with Crippen molar-refractivity contribution in [2.45, 2.75) is 31.5 Å². The number of aliphatic hydroxyl groups excluding tert-OH is 1. The van der Waals surface area contributed by atoms with Gasteiger partial charge in [0.2, 0.25) is 0 Å². The second-order valence-electron chi connectivity index (χ2n) is 2.16. The Labute approximate surface area is 52.6 Å². The van der Waals surface area contributed by atoms with Crippen LogP contribution in [0.4, 0.5) is 4.39 Å². The van der Waals surface area contributed by atoms with Crippen molar-refractivity contribution in [1.29, 1.82) is 0 Å². The van der Waals surface area contributed by atoms with E-state index < -0.39 is 12.6 Å². The minimum absolute atomic E-state index is 0.160. The van der Waals surface area contributed by atoms with E-state index in [9.17, 15) is 4.39 Å². The number of rotatable bonds is 3. The Hall–Kier alpha value is -0.190. The monoisotopic (exact) mass is 135 g/mol. The van der Waals surface area contributed by atoms with Crippen molar-refractivity contribution in [2.24, 2.45) is 5.73 Å². The first-order chi connectivity index (χ1) is 4.20. The number of ether oxygens (including phenoxy) is 1. The van der Waals surface area contributed by atoms with Crippen molar-refractivity contribution in [2.75, 3.05) is 0 Å². The molecule has 1 aliphatic rings. The van der Waals surface area contributed by atoms with Gasteiger partial charge in [0, 0.05) is 0 Å². The number of alkyl halides is 1. The predicted octanol–water partition coefficient (Wildman–Crippen LogP) is -0.262. The quantitative estimate of drug-likeness (QED) is 0.414. The van der Waals surface area contributed by atoms with E-state index in [1.54, 1.807) is 0 Å². The molecule has 1 fully saturated rings. The summed E-state index contributed by atoms with van der Waals surface area (Å²) in [7, 11) is 0. The summed E-state index contributed by atoms with van der Waals surface area (Å²) in [5.74, 6) is 0. The van der Waals surface area contributed by atoms with E-state index in [1.165, 1.54) is 0 Å². The highest BCUT2D eigenvalue weighted by molar-refractivity contribution is 4.74. The fraction of sp³-hybridized carbons (Fsp3) is 1.00. The molecule has 0 amide bonds. The summed E-state index contributed by atoms with van der Waals surface area (Å²) in [6.07, 6.45) is -1.32. The van der Waals surface area contributed by atoms with Crippen molar-refractivity contribution >= 4 is 0 Å². The summed E-state index contributed by atoms with van der Waals surface area (Å²) in [5.41, 5.74) is 4.81. The molecule has 0 spiro atoms. The van der Waals surface area contributed by atoms with Crippen LogP contribution in [-0.2, 0) is 4.74 Å². The molecule has 0 saturated carbocycles. The summed E-state index contributed by atoms with van der Waals surface area (Å²) < 4.78 is 16.5. The second kappa shape index (κ2) is 2.60. The molecular weight excluding hydrogens is 125 g/mol. The number of epoxide rings is 1. The third kappa shape index (κ3) is 2.26. The molecule has 3 N–H and O–H groups in total. The van der Waals surface area contributed by atoms with E-state index in [-0.39, 0.29) is 12.5 Å². The molecule has 0 aromatic carbocycles. The van der Waals surface area contributed by atoms with Gasteiger partial charge < -0.3 is 15.6 Å². The third-order valence-electron chi connectivity index (χ3n) is 1.28. The van der Waals surface area contributed by atoms with E-state index in [1.807, 2.05) is 0 Å². The molecule has 1 saturated heterocycles. The van der Waals surface area contributed by atoms with Gasteiger partial charge in [-0.1, -0.05) is 0 Å². The van der Waals surface area contributed by atoms with Crippen LogP contribution in [0.1, 0.15) is 12.8 Å². The minimum atomic E-state index is -1.28. The average Bonchev–Trinajstić information content (AvgIpc) is 2.42. The lowest BCUT2D eigenvalue weighted by atomic mass is 10.2. The first-order valence-electron chi connectivity index (χ1n) is 2.93. The Morgan fingerprint density at radius 2 is 2.33 bits per heavy atom. The average molecular weight is 135 g/mol. The van der Waals surface area contributed by atoms with Crippen LogP contribution in [0.5, 0.6) is 0 Å². The first-order valence-corrected chi connectivity index (χ1v) is 2.93. The molecule has 0 aromatic heterocycles. The normalized spacial score (nSPS) is 36.3. The molecule has 0 aliphatic carbocycles. The number of hydrogen-bond donors (Lipinski definition) is 2. The summed E-state index contributed by atoms with van der Waals surface area (Å²) in [6.45, 7) is 0. The van der Waals surface area contributed by atoms with Crippen molar-refractivity contribution in [3.05, 3.63) is 0 Å². The van der Waals surface area contributed by atoms with E-state index >= 15 is 0 Å². The zero-order valence-corrected chi connectivity index (χ0v) is 4.96. The highest BCUT2D eigenvalue weighted by Crippen LogP contribution is 2.23. The molecule has 1 aliphatic heterocycles. The molecule has 9 heavy (non-hydrogen) atoms. The van der Waals surface area contributed by atoms with Gasteiger partial charge in [-0.15, -0.1) is 0 Å². The van der Waals surface area contributed by atoms with Crippen LogP contribution in [0.15, 0.2) is 0 Å². The maximum atomic E-state index is 11.9. The van der Waals surface area contributed by atoms with Crippen LogP contribution in [0.2, 0.25) is 0 Å². The smallest absolute Gasteiger partial charge is 0.181 e. The topological polar surface area (TPSA) is 58.8 Å². The molecule has 4 heteroatoms. The lowest BCUT2D eigenvalue weighted by Crippen LogP contribution is -2.13. The molecule has 0 bridgehead atoms. The van der Waals surface area contributed by atoms with Gasteiger partial charge in [-0.3, -0.25) is 0 Å². The second-order valence-corrected chi connectivity index (χ2v) is 2.16. The van der Waals surface area contributed by atoms with Gasteiger partial charge in [0.15, 0.2) is 6.29 Å². The molecule has 3 unspecified atom stereocenters. The molecule has 0 aromatic rings. The number of halogens is 1. The summed E-state index contributed by atoms with van der Waals surface area (Å²) in [4.78, 5) is 0. The third-order valence-corrected chi connectivity index (χ3v) is 1.28. The van der Waals surface area contributed by atoms with E-state index in [4.69, 9.17) is 10.8 Å². The van der Waals surface area contributed by atoms with Gasteiger partial charge in [-0.25, -0.2) is 4.39 Å². The summed E-state index contributed by atoms with van der Waals surface area (Å²) >= 11 is 0. The molecular formula is C5H10FNO2. The molecule has 1 rings (SSSR count). The lowest BCUT2D eigenvalue weighted by Gasteiger charge is -1.95. The molecule has 3 nitrogen and oxygen atoms in total. The van der Waals surface area contributed by atoms with E-state index in [0.29, 0.717) is 6.42 Å². The first kappa shape index (κ1) is 6.92. The predicted molar refractivity (Wildman–Crippen MR) is 29.2 cm³/mol. The van der Waals surface area contributed by atoms with Crippen molar-refractivity contribution < 1.29 is 14.2 Å². The van der Waals surface area contributed by atoms with E-state index in [0.717, 1.165) is 0 Å². The SMILES string of the molecule is NC(F)CCC1OC1O. The maximum Gasteiger partial charge on any atom is 0.181 e. The van der Waals surface area contributed by atoms with Crippen LogP contribution >= 0.6 is 0 Å². The number of hydrogen-bond acceptors (Lipinski definition) is 3. The highest BCUT2D eigenvalue weighted by Gasteiger charge is 2.36. The van der Waals surface area contributed by atoms with Gasteiger partial charge in [-0.2, -0.15) is 0 Å². The largest absolute Gasteiger partial charge is 0.366 e. The molecule has 1 heterocycles. The van der Waals surface area contributed by atoms with Gasteiger partial charge in [-0.05, 0) is 12.8 Å². The van der Waals surface area contributed by atoms with E-state index in [2.05, 4.69) is 4.74 Å². The van der Waals surface area contributed by atoms with Gasteiger partial charge in [0.1, 0.15) is 12.4 Å². The lowest BCUT2D eigenvalue weighted by molar-refractivity contribution is 0.156. The van der Waals surface area contributed by atoms with Crippen LogP contribution < -0.4 is 5.73 Å². The fourth-order valence-electron chi connectivity index (χ4n) is 0.668. The highest BCUT2D eigenvalue weighted by atomic mass is 19.1. The Kier molecular flexibility index (Phi) is 2.00. The Morgan fingerprint density at radius 3 is 2.67 bits per heavy atom. The van der Waals surface area contributed by atoms with Crippen LogP contribution in [0, 0.1) is 0 Å². The van der Waals surface area contributed by atoms with Crippen molar-refractivity contribution in [3.63, 3.8) is 0 Å². The number of aliphatic hydroxyl groups is 1. The Morgan fingerprint density at radius 1 is 1.78 bits per heavy atom. The molecule has 3 atom stereocenters. The minimum Gasteiger partial charge on any atom is -0.366 e. The van der Waals surface area contributed by atoms with Crippen molar-refractivity contribution in [3.8, 4) is 0 Å². The summed E-state index contributed by atoms with van der Waals surface area (Å²) in [5, 5.41) is 8.55. The standard InChI is InChI=1S/C5H10FNO2/c6-4(7)2-1-3-5(8)9-3/h3-5,8H,1-2,7H2. The Balaban J connectivity index is 1.94. The van der Waals surface area contributed by atoms with Crippen LogP contribution in [0.25, 0.3) is 0 Å². The van der Waals surface area contributed by atoms with Crippen LogP contribution in [-0.4, -0.2) is 23.8 Å². The zero-order valence-electron chi connectivity index (χ0n) is 4.96.